The quantitative estimate of drug-likeness (QED) is 0.865. The summed E-state index contributed by atoms with van der Waals surface area (Å²) in [6.45, 7) is 3.29. The Labute approximate surface area is 114 Å². The van der Waals surface area contributed by atoms with E-state index in [2.05, 4.69) is 21.0 Å². The summed E-state index contributed by atoms with van der Waals surface area (Å²) in [6, 6.07) is 6.32. The maximum atomic E-state index is 12.9. The van der Waals surface area contributed by atoms with Crippen molar-refractivity contribution in [3.05, 3.63) is 40.2 Å². The Kier molecular flexibility index (Phi) is 4.14. The third-order valence-corrected chi connectivity index (χ3v) is 3.71. The number of rotatable bonds is 4. The van der Waals surface area contributed by atoms with Crippen molar-refractivity contribution in [3.8, 4) is 11.3 Å². The molecule has 1 aromatic heterocycles. The van der Waals surface area contributed by atoms with E-state index in [-0.39, 0.29) is 5.82 Å². The average molecular weight is 313 g/mol. The molecule has 0 bridgehead atoms. The lowest BCUT2D eigenvalue weighted by Crippen LogP contribution is -2.07. The lowest BCUT2D eigenvalue weighted by Gasteiger charge is -2.02. The summed E-state index contributed by atoms with van der Waals surface area (Å²) in [7, 11) is 1.66. The molecular weight excluding hydrogens is 299 g/mol. The van der Waals surface area contributed by atoms with Crippen LogP contribution in [0.1, 0.15) is 5.69 Å². The van der Waals surface area contributed by atoms with Gasteiger partial charge in [-0.2, -0.15) is 5.10 Å². The minimum atomic E-state index is -0.245. The van der Waals surface area contributed by atoms with Crippen molar-refractivity contribution < 1.29 is 9.13 Å². The monoisotopic (exact) mass is 312 g/mol. The number of benzene rings is 1. The summed E-state index contributed by atoms with van der Waals surface area (Å²) in [4.78, 5) is 0. The molecule has 0 aliphatic rings. The first-order chi connectivity index (χ1) is 8.63. The normalized spacial score (nSPS) is 10.9. The maximum Gasteiger partial charge on any atom is 0.123 e. The Hall–Kier alpha value is -1.20. The van der Waals surface area contributed by atoms with Crippen LogP contribution in [0.4, 0.5) is 4.39 Å². The van der Waals surface area contributed by atoms with Gasteiger partial charge in [-0.25, -0.2) is 4.39 Å². The second-order valence-corrected chi connectivity index (χ2v) is 4.76. The predicted octanol–water partition coefficient (Wildman–Crippen LogP) is 3.41. The molecule has 0 atom stereocenters. The Bertz CT molecular complexity index is 537. The van der Waals surface area contributed by atoms with Crippen molar-refractivity contribution in [1.82, 2.24) is 9.78 Å². The number of hydrogen-bond donors (Lipinski definition) is 0. The average Bonchev–Trinajstić information content (AvgIpc) is 2.65. The fourth-order valence-corrected chi connectivity index (χ4v) is 2.22. The Morgan fingerprint density at radius 1 is 1.33 bits per heavy atom. The largest absolute Gasteiger partial charge is 0.383 e. The van der Waals surface area contributed by atoms with Gasteiger partial charge in [0.2, 0.25) is 0 Å². The molecule has 2 rings (SSSR count). The van der Waals surface area contributed by atoms with Crippen molar-refractivity contribution in [1.29, 1.82) is 0 Å². The molecule has 0 fully saturated rings. The molecule has 0 saturated carbocycles. The molecule has 96 valence electrons. The summed E-state index contributed by atoms with van der Waals surface area (Å²) in [5, 5.41) is 4.51. The van der Waals surface area contributed by atoms with Crippen LogP contribution in [0.25, 0.3) is 11.3 Å². The molecule has 1 aromatic carbocycles. The van der Waals surface area contributed by atoms with Gasteiger partial charge in [-0.05, 0) is 47.1 Å². The van der Waals surface area contributed by atoms with Gasteiger partial charge in [0, 0.05) is 12.7 Å². The van der Waals surface area contributed by atoms with Crippen LogP contribution < -0.4 is 0 Å². The first-order valence-corrected chi connectivity index (χ1v) is 6.40. The first-order valence-electron chi connectivity index (χ1n) is 5.61. The van der Waals surface area contributed by atoms with Gasteiger partial charge in [-0.3, -0.25) is 4.68 Å². The number of nitrogens with zero attached hydrogens (tertiary/aromatic N) is 2. The van der Waals surface area contributed by atoms with E-state index >= 15 is 0 Å². The third-order valence-electron chi connectivity index (χ3n) is 2.76. The van der Waals surface area contributed by atoms with Crippen LogP contribution in [-0.2, 0) is 11.3 Å². The topological polar surface area (TPSA) is 27.1 Å². The summed E-state index contributed by atoms with van der Waals surface area (Å²) in [5.74, 6) is -0.245. The standard InChI is InChI=1S/C13H14BrFN2O/c1-9-12(14)13(16-17(9)7-8-18-2)10-3-5-11(15)6-4-10/h3-6H,7-8H2,1-2H3. The number of ether oxygens (including phenoxy) is 1. The van der Waals surface area contributed by atoms with Gasteiger partial charge in [0.25, 0.3) is 0 Å². The highest BCUT2D eigenvalue weighted by Crippen LogP contribution is 2.30. The van der Waals surface area contributed by atoms with Crippen LogP contribution in [0.15, 0.2) is 28.7 Å². The van der Waals surface area contributed by atoms with E-state index in [4.69, 9.17) is 4.74 Å². The Morgan fingerprint density at radius 2 is 2.00 bits per heavy atom. The molecule has 0 radical (unpaired) electrons. The van der Waals surface area contributed by atoms with Gasteiger partial charge < -0.3 is 4.74 Å². The van der Waals surface area contributed by atoms with Crippen LogP contribution in [0.2, 0.25) is 0 Å². The molecule has 0 spiro atoms. The van der Waals surface area contributed by atoms with E-state index in [1.807, 2.05) is 11.6 Å². The minimum absolute atomic E-state index is 0.245. The number of aromatic nitrogens is 2. The first kappa shape index (κ1) is 13.2. The zero-order chi connectivity index (χ0) is 13.1. The highest BCUT2D eigenvalue weighted by Gasteiger charge is 2.13. The van der Waals surface area contributed by atoms with E-state index in [9.17, 15) is 4.39 Å². The number of hydrogen-bond acceptors (Lipinski definition) is 2. The van der Waals surface area contributed by atoms with Crippen molar-refractivity contribution in [2.24, 2.45) is 0 Å². The van der Waals surface area contributed by atoms with Gasteiger partial charge in [-0.15, -0.1) is 0 Å². The molecule has 0 N–H and O–H groups in total. The zero-order valence-electron chi connectivity index (χ0n) is 10.3. The summed E-state index contributed by atoms with van der Waals surface area (Å²) < 4.78 is 20.8. The third kappa shape index (κ3) is 2.62. The maximum absolute atomic E-state index is 12.9. The lowest BCUT2D eigenvalue weighted by molar-refractivity contribution is 0.183. The van der Waals surface area contributed by atoms with Gasteiger partial charge >= 0.3 is 0 Å². The van der Waals surface area contributed by atoms with Crippen molar-refractivity contribution in [2.75, 3.05) is 13.7 Å². The van der Waals surface area contributed by atoms with Gasteiger partial charge in [0.1, 0.15) is 11.5 Å². The Balaban J connectivity index is 2.36. The second kappa shape index (κ2) is 5.63. The molecule has 1 heterocycles. The van der Waals surface area contributed by atoms with Gasteiger partial charge in [0.15, 0.2) is 0 Å². The second-order valence-electron chi connectivity index (χ2n) is 3.97. The molecule has 18 heavy (non-hydrogen) atoms. The Morgan fingerprint density at radius 3 is 2.61 bits per heavy atom. The SMILES string of the molecule is COCCn1nc(-c2ccc(F)cc2)c(Br)c1C. The van der Waals surface area contributed by atoms with E-state index in [0.29, 0.717) is 13.2 Å². The van der Waals surface area contributed by atoms with E-state index < -0.39 is 0 Å². The number of methoxy groups -OCH3 is 1. The predicted molar refractivity (Wildman–Crippen MR) is 71.9 cm³/mol. The highest BCUT2D eigenvalue weighted by molar-refractivity contribution is 9.10. The summed E-state index contributed by atoms with van der Waals surface area (Å²) in [5.41, 5.74) is 2.75. The molecule has 0 unspecified atom stereocenters. The van der Waals surface area contributed by atoms with Crippen LogP contribution >= 0.6 is 15.9 Å². The molecule has 2 aromatic rings. The molecular formula is C13H14BrFN2O. The number of halogens is 2. The molecule has 3 nitrogen and oxygen atoms in total. The molecule has 0 aliphatic heterocycles. The fourth-order valence-electron chi connectivity index (χ4n) is 1.71. The van der Waals surface area contributed by atoms with Crippen LogP contribution in [-0.4, -0.2) is 23.5 Å². The smallest absolute Gasteiger partial charge is 0.123 e. The minimum Gasteiger partial charge on any atom is -0.383 e. The van der Waals surface area contributed by atoms with Crippen LogP contribution in [0, 0.1) is 12.7 Å². The van der Waals surface area contributed by atoms with Crippen LogP contribution in [0.5, 0.6) is 0 Å². The van der Waals surface area contributed by atoms with Crippen LogP contribution in [0.3, 0.4) is 0 Å². The molecule has 0 amide bonds. The van der Waals surface area contributed by atoms with Crippen molar-refractivity contribution in [3.63, 3.8) is 0 Å². The van der Waals surface area contributed by atoms with E-state index in [1.165, 1.54) is 12.1 Å². The molecule has 0 aliphatic carbocycles. The van der Waals surface area contributed by atoms with E-state index in [0.717, 1.165) is 21.4 Å². The van der Waals surface area contributed by atoms with Gasteiger partial charge in [-0.1, -0.05) is 0 Å². The molecule has 0 saturated heterocycles. The fraction of sp³-hybridized carbons (Fsp3) is 0.308. The van der Waals surface area contributed by atoms with Crippen molar-refractivity contribution in [2.45, 2.75) is 13.5 Å². The lowest BCUT2D eigenvalue weighted by atomic mass is 10.1. The van der Waals surface area contributed by atoms with Crippen molar-refractivity contribution >= 4 is 15.9 Å². The zero-order valence-corrected chi connectivity index (χ0v) is 11.9. The summed E-state index contributed by atoms with van der Waals surface area (Å²) in [6.07, 6.45) is 0. The van der Waals surface area contributed by atoms with Gasteiger partial charge in [0.05, 0.1) is 23.3 Å². The highest BCUT2D eigenvalue weighted by atomic mass is 79.9. The van der Waals surface area contributed by atoms with E-state index in [1.54, 1.807) is 19.2 Å². The molecule has 5 heteroatoms. The summed E-state index contributed by atoms with van der Waals surface area (Å²) >= 11 is 3.53.